The van der Waals surface area contributed by atoms with Crippen molar-refractivity contribution in [2.24, 2.45) is 5.73 Å². The van der Waals surface area contributed by atoms with Crippen molar-refractivity contribution in [1.29, 1.82) is 0 Å². The standard InChI is InChI=1S/C13H21N3O/c1-3-13(2,14)12-15-10-8-6-4-5-7-9(10)11(17)16-12/h3-8,14H2,1-2H3,(H,15,16,17)/t13-/m0/s1. The van der Waals surface area contributed by atoms with Gasteiger partial charge in [-0.2, -0.15) is 0 Å². The van der Waals surface area contributed by atoms with Crippen LogP contribution in [-0.2, 0) is 18.4 Å². The van der Waals surface area contributed by atoms with E-state index in [0.29, 0.717) is 5.82 Å². The summed E-state index contributed by atoms with van der Waals surface area (Å²) in [7, 11) is 0. The van der Waals surface area contributed by atoms with Crippen molar-refractivity contribution in [3.05, 3.63) is 27.4 Å². The first-order valence-electron chi connectivity index (χ1n) is 6.46. The molecule has 17 heavy (non-hydrogen) atoms. The first kappa shape index (κ1) is 12.3. The van der Waals surface area contributed by atoms with Crippen LogP contribution in [0.4, 0.5) is 0 Å². The second-order valence-electron chi connectivity index (χ2n) is 5.17. The van der Waals surface area contributed by atoms with Gasteiger partial charge in [-0.3, -0.25) is 4.79 Å². The highest BCUT2D eigenvalue weighted by molar-refractivity contribution is 5.21. The van der Waals surface area contributed by atoms with E-state index in [1.807, 2.05) is 13.8 Å². The van der Waals surface area contributed by atoms with Crippen molar-refractivity contribution >= 4 is 0 Å². The van der Waals surface area contributed by atoms with E-state index in [9.17, 15) is 4.79 Å². The molecule has 94 valence electrons. The lowest BCUT2D eigenvalue weighted by atomic mass is 9.99. The van der Waals surface area contributed by atoms with Gasteiger partial charge in [0.25, 0.3) is 5.56 Å². The largest absolute Gasteiger partial charge is 0.319 e. The van der Waals surface area contributed by atoms with Crippen molar-refractivity contribution in [1.82, 2.24) is 9.97 Å². The molecule has 1 aromatic rings. The summed E-state index contributed by atoms with van der Waals surface area (Å²) in [5.74, 6) is 0.630. The summed E-state index contributed by atoms with van der Waals surface area (Å²) in [5.41, 5.74) is 7.45. The van der Waals surface area contributed by atoms with Crippen molar-refractivity contribution in [3.63, 3.8) is 0 Å². The lowest BCUT2D eigenvalue weighted by Gasteiger charge is -2.22. The summed E-state index contributed by atoms with van der Waals surface area (Å²) in [6.45, 7) is 3.92. The zero-order valence-corrected chi connectivity index (χ0v) is 10.7. The summed E-state index contributed by atoms with van der Waals surface area (Å²) in [6.07, 6.45) is 5.91. The number of nitrogens with one attached hydrogen (secondary N) is 1. The van der Waals surface area contributed by atoms with E-state index in [0.717, 1.165) is 43.4 Å². The molecular weight excluding hydrogens is 214 g/mol. The molecule has 0 unspecified atom stereocenters. The molecule has 0 fully saturated rings. The average molecular weight is 235 g/mol. The second kappa shape index (κ2) is 4.61. The Morgan fingerprint density at radius 3 is 2.76 bits per heavy atom. The Hall–Kier alpha value is -1.16. The van der Waals surface area contributed by atoms with Crippen LogP contribution in [0.5, 0.6) is 0 Å². The Morgan fingerprint density at radius 1 is 1.35 bits per heavy atom. The van der Waals surface area contributed by atoms with Gasteiger partial charge in [-0.15, -0.1) is 0 Å². The number of hydrogen-bond acceptors (Lipinski definition) is 3. The minimum atomic E-state index is -0.541. The average Bonchev–Trinajstić information content (AvgIpc) is 2.54. The van der Waals surface area contributed by atoms with Crippen LogP contribution in [0.25, 0.3) is 0 Å². The summed E-state index contributed by atoms with van der Waals surface area (Å²) in [4.78, 5) is 19.5. The van der Waals surface area contributed by atoms with Gasteiger partial charge in [-0.1, -0.05) is 13.3 Å². The number of aromatic nitrogens is 2. The van der Waals surface area contributed by atoms with Crippen LogP contribution in [0.15, 0.2) is 4.79 Å². The Bertz CT molecular complexity index is 462. The summed E-state index contributed by atoms with van der Waals surface area (Å²) in [6, 6.07) is 0. The number of H-pyrrole nitrogens is 1. The van der Waals surface area contributed by atoms with E-state index in [4.69, 9.17) is 5.73 Å². The number of fused-ring (bicyclic) bond motifs is 1. The van der Waals surface area contributed by atoms with E-state index in [2.05, 4.69) is 9.97 Å². The van der Waals surface area contributed by atoms with Crippen molar-refractivity contribution < 1.29 is 0 Å². The fourth-order valence-corrected chi connectivity index (χ4v) is 2.22. The molecule has 3 N–H and O–H groups in total. The normalized spacial score (nSPS) is 19.2. The van der Waals surface area contributed by atoms with Gasteiger partial charge in [0.05, 0.1) is 11.2 Å². The van der Waals surface area contributed by atoms with Crippen molar-refractivity contribution in [2.45, 2.75) is 57.9 Å². The molecule has 0 bridgehead atoms. The van der Waals surface area contributed by atoms with E-state index < -0.39 is 5.54 Å². The molecule has 4 nitrogen and oxygen atoms in total. The molecule has 1 aromatic heterocycles. The Morgan fingerprint density at radius 2 is 2.06 bits per heavy atom. The summed E-state index contributed by atoms with van der Waals surface area (Å²) in [5, 5.41) is 0. The maximum absolute atomic E-state index is 12.0. The van der Waals surface area contributed by atoms with Gasteiger partial charge in [-0.05, 0) is 39.0 Å². The molecule has 1 heterocycles. The highest BCUT2D eigenvalue weighted by Crippen LogP contribution is 2.20. The van der Waals surface area contributed by atoms with Crippen LogP contribution in [0.3, 0.4) is 0 Å². The molecule has 0 saturated carbocycles. The molecular formula is C13H21N3O. The molecule has 0 aromatic carbocycles. The van der Waals surface area contributed by atoms with Gasteiger partial charge >= 0.3 is 0 Å². The Kier molecular flexibility index (Phi) is 3.33. The van der Waals surface area contributed by atoms with E-state index in [1.54, 1.807) is 0 Å². The number of rotatable bonds is 2. The lowest BCUT2D eigenvalue weighted by molar-refractivity contribution is 0.441. The number of hydrogen-bond donors (Lipinski definition) is 2. The molecule has 0 aliphatic heterocycles. The fourth-order valence-electron chi connectivity index (χ4n) is 2.22. The predicted octanol–water partition coefficient (Wildman–Crippen LogP) is 1.62. The van der Waals surface area contributed by atoms with Gasteiger partial charge in [0, 0.05) is 5.56 Å². The molecule has 1 aliphatic rings. The third-order valence-corrected chi connectivity index (χ3v) is 3.72. The smallest absolute Gasteiger partial charge is 0.254 e. The molecule has 0 amide bonds. The molecule has 0 radical (unpaired) electrons. The molecule has 2 rings (SSSR count). The molecule has 0 spiro atoms. The third-order valence-electron chi connectivity index (χ3n) is 3.72. The van der Waals surface area contributed by atoms with E-state index in [-0.39, 0.29) is 5.56 Å². The maximum atomic E-state index is 12.0. The van der Waals surface area contributed by atoms with Crippen LogP contribution >= 0.6 is 0 Å². The minimum absolute atomic E-state index is 0.0111. The fraction of sp³-hybridized carbons (Fsp3) is 0.692. The van der Waals surface area contributed by atoms with Gasteiger partial charge in [-0.25, -0.2) is 4.98 Å². The monoisotopic (exact) mass is 235 g/mol. The van der Waals surface area contributed by atoms with Crippen LogP contribution in [0.1, 0.15) is 56.6 Å². The van der Waals surface area contributed by atoms with E-state index >= 15 is 0 Å². The topological polar surface area (TPSA) is 71.8 Å². The SMILES string of the molecule is CC[C@](C)(N)c1nc2c(c(=O)[nH]1)CCCCC2. The first-order chi connectivity index (χ1) is 8.04. The Labute approximate surface area is 102 Å². The van der Waals surface area contributed by atoms with E-state index in [1.165, 1.54) is 6.42 Å². The number of nitrogens with two attached hydrogens (primary N) is 1. The quantitative estimate of drug-likeness (QED) is 0.765. The third kappa shape index (κ3) is 2.41. The molecule has 0 saturated heterocycles. The van der Waals surface area contributed by atoms with Crippen molar-refractivity contribution in [2.75, 3.05) is 0 Å². The molecule has 4 heteroatoms. The van der Waals surface area contributed by atoms with Crippen molar-refractivity contribution in [3.8, 4) is 0 Å². The zero-order valence-electron chi connectivity index (χ0n) is 10.7. The first-order valence-corrected chi connectivity index (χ1v) is 6.46. The predicted molar refractivity (Wildman–Crippen MR) is 67.9 cm³/mol. The molecule has 1 aliphatic carbocycles. The lowest BCUT2D eigenvalue weighted by Crippen LogP contribution is -2.37. The Balaban J connectivity index is 2.50. The van der Waals surface area contributed by atoms with Gasteiger partial charge < -0.3 is 10.7 Å². The van der Waals surface area contributed by atoms with Gasteiger partial charge in [0.15, 0.2) is 0 Å². The maximum Gasteiger partial charge on any atom is 0.254 e. The number of aromatic amines is 1. The number of nitrogens with zero attached hydrogens (tertiary/aromatic N) is 1. The second-order valence-corrected chi connectivity index (χ2v) is 5.17. The molecule has 1 atom stereocenters. The van der Waals surface area contributed by atoms with Crippen LogP contribution in [-0.4, -0.2) is 9.97 Å². The van der Waals surface area contributed by atoms with Crippen LogP contribution in [0, 0.1) is 0 Å². The van der Waals surface area contributed by atoms with Crippen LogP contribution < -0.4 is 11.3 Å². The highest BCUT2D eigenvalue weighted by Gasteiger charge is 2.24. The summed E-state index contributed by atoms with van der Waals surface area (Å²) < 4.78 is 0. The van der Waals surface area contributed by atoms with Gasteiger partial charge in [0.2, 0.25) is 0 Å². The highest BCUT2D eigenvalue weighted by atomic mass is 16.1. The minimum Gasteiger partial charge on any atom is -0.319 e. The van der Waals surface area contributed by atoms with Crippen LogP contribution in [0.2, 0.25) is 0 Å². The zero-order chi connectivity index (χ0) is 12.5. The summed E-state index contributed by atoms with van der Waals surface area (Å²) >= 11 is 0. The number of aryl methyl sites for hydroxylation is 1. The van der Waals surface area contributed by atoms with Gasteiger partial charge in [0.1, 0.15) is 5.82 Å².